The summed E-state index contributed by atoms with van der Waals surface area (Å²) in [5.41, 5.74) is 2.34. The molecule has 4 rings (SSSR count). The van der Waals surface area contributed by atoms with E-state index in [9.17, 15) is 14.9 Å². The van der Waals surface area contributed by atoms with Crippen molar-refractivity contribution in [2.24, 2.45) is 5.10 Å². The molecular weight excluding hydrogens is 412 g/mol. The molecule has 9 heteroatoms. The number of nitrogens with zero attached hydrogens (tertiary/aromatic N) is 4. The highest BCUT2D eigenvalue weighted by Gasteiger charge is 2.32. The number of hydrazone groups is 1. The van der Waals surface area contributed by atoms with Crippen molar-refractivity contribution in [2.45, 2.75) is 19.2 Å². The van der Waals surface area contributed by atoms with Crippen LogP contribution in [0, 0.1) is 10.1 Å². The highest BCUT2D eigenvalue weighted by Crippen LogP contribution is 2.18. The average molecular weight is 434 g/mol. The van der Waals surface area contributed by atoms with Crippen LogP contribution >= 0.6 is 0 Å². The molecule has 1 amide bonds. The van der Waals surface area contributed by atoms with Crippen LogP contribution < -0.4 is 0 Å². The first-order valence-electron chi connectivity index (χ1n) is 10.1. The van der Waals surface area contributed by atoms with Crippen molar-refractivity contribution >= 4 is 18.2 Å². The van der Waals surface area contributed by atoms with Crippen molar-refractivity contribution in [1.29, 1.82) is 0 Å². The van der Waals surface area contributed by atoms with Gasteiger partial charge in [0.05, 0.1) is 18.8 Å². The number of ether oxygens (including phenoxy) is 1. The third-order valence-electron chi connectivity index (χ3n) is 4.93. The Kier molecular flexibility index (Phi) is 6.57. The Morgan fingerprint density at radius 1 is 1.03 bits per heavy atom. The van der Waals surface area contributed by atoms with Crippen LogP contribution in [0.4, 0.5) is 10.7 Å². The van der Waals surface area contributed by atoms with E-state index in [4.69, 9.17) is 9.15 Å². The largest absolute Gasteiger partial charge is 0.441 e. The maximum Gasteiger partial charge on any atom is 0.433 e. The zero-order chi connectivity index (χ0) is 22.3. The first-order chi connectivity index (χ1) is 15.6. The van der Waals surface area contributed by atoms with Crippen LogP contribution in [0.25, 0.3) is 0 Å². The number of carbonyl (C=O) groups excluding carboxylic acids is 1. The molecule has 9 nitrogen and oxygen atoms in total. The van der Waals surface area contributed by atoms with E-state index in [1.807, 2.05) is 36.4 Å². The standard InChI is InChI=1S/C23H22N4O5/c28-23-26(24-13-20-11-12-22(31-20)27(29)30)17-21(32-23)16-25(14-18-7-3-1-4-8-18)15-19-9-5-2-6-10-19/h1-13,21H,14-17H2/b24-13+/t21-/m0/s1. The second kappa shape index (κ2) is 9.88. The minimum absolute atomic E-state index is 0.183. The van der Waals surface area contributed by atoms with Gasteiger partial charge in [-0.25, -0.2) is 4.79 Å². The molecule has 1 saturated heterocycles. The molecule has 1 aromatic heterocycles. The first-order valence-corrected chi connectivity index (χ1v) is 10.1. The molecule has 0 aliphatic carbocycles. The fourth-order valence-corrected chi connectivity index (χ4v) is 3.49. The van der Waals surface area contributed by atoms with Gasteiger partial charge in [0, 0.05) is 19.6 Å². The molecule has 164 valence electrons. The van der Waals surface area contributed by atoms with Crippen LogP contribution in [-0.4, -0.2) is 46.3 Å². The second-order valence-corrected chi connectivity index (χ2v) is 7.41. The predicted molar refractivity (Wildman–Crippen MR) is 117 cm³/mol. The number of hydrogen-bond acceptors (Lipinski definition) is 7. The lowest BCUT2D eigenvalue weighted by atomic mass is 10.1. The molecule has 0 N–H and O–H groups in total. The molecule has 1 aliphatic heterocycles. The molecule has 0 spiro atoms. The molecule has 2 heterocycles. The summed E-state index contributed by atoms with van der Waals surface area (Å²) >= 11 is 0. The molecule has 3 aromatic rings. The number of cyclic esters (lactones) is 1. The number of benzene rings is 2. The van der Waals surface area contributed by atoms with E-state index < -0.39 is 11.0 Å². The van der Waals surface area contributed by atoms with Crippen molar-refractivity contribution < 1.29 is 18.9 Å². The number of amides is 1. The summed E-state index contributed by atoms with van der Waals surface area (Å²) < 4.78 is 10.5. The second-order valence-electron chi connectivity index (χ2n) is 7.41. The smallest absolute Gasteiger partial charge is 0.433 e. The van der Waals surface area contributed by atoms with Crippen LogP contribution in [0.3, 0.4) is 0 Å². The Morgan fingerprint density at radius 2 is 1.66 bits per heavy atom. The van der Waals surface area contributed by atoms with Gasteiger partial charge in [0.2, 0.25) is 0 Å². The van der Waals surface area contributed by atoms with E-state index in [-0.39, 0.29) is 24.3 Å². The minimum Gasteiger partial charge on any atom is -0.441 e. The van der Waals surface area contributed by atoms with E-state index in [1.165, 1.54) is 34.5 Å². The summed E-state index contributed by atoms with van der Waals surface area (Å²) in [5, 5.41) is 16.0. The molecule has 1 aliphatic rings. The van der Waals surface area contributed by atoms with Crippen LogP contribution in [-0.2, 0) is 17.8 Å². The van der Waals surface area contributed by atoms with E-state index in [0.717, 1.165) is 0 Å². The molecule has 0 saturated carbocycles. The molecule has 0 radical (unpaired) electrons. The number of hydrogen-bond donors (Lipinski definition) is 0. The SMILES string of the molecule is O=C1O[C@@H](CN(Cc2ccccc2)Cc2ccccc2)CN1/N=C/c1ccc([N+](=O)[O-])o1. The van der Waals surface area contributed by atoms with Gasteiger partial charge in [0.1, 0.15) is 11.0 Å². The Morgan fingerprint density at radius 3 is 2.22 bits per heavy atom. The van der Waals surface area contributed by atoms with Crippen molar-refractivity contribution in [2.75, 3.05) is 13.1 Å². The highest BCUT2D eigenvalue weighted by atomic mass is 16.6. The van der Waals surface area contributed by atoms with Crippen molar-refractivity contribution in [3.8, 4) is 0 Å². The molecule has 1 atom stereocenters. The Hall–Kier alpha value is -3.98. The highest BCUT2D eigenvalue weighted by molar-refractivity contribution is 5.78. The minimum atomic E-state index is -0.633. The zero-order valence-corrected chi connectivity index (χ0v) is 17.2. The number of rotatable bonds is 9. The van der Waals surface area contributed by atoms with Crippen LogP contribution in [0.1, 0.15) is 16.9 Å². The third kappa shape index (κ3) is 5.58. The van der Waals surface area contributed by atoms with Gasteiger partial charge in [-0.1, -0.05) is 60.7 Å². The van der Waals surface area contributed by atoms with Gasteiger partial charge < -0.3 is 9.15 Å². The summed E-state index contributed by atoms with van der Waals surface area (Å²) in [6.45, 7) is 2.23. The molecular formula is C23H22N4O5. The molecule has 32 heavy (non-hydrogen) atoms. The Labute approximate surface area is 184 Å². The van der Waals surface area contributed by atoms with Gasteiger partial charge in [-0.3, -0.25) is 15.0 Å². The maximum absolute atomic E-state index is 12.3. The number of carbonyl (C=O) groups is 1. The molecule has 2 aromatic carbocycles. The lowest BCUT2D eigenvalue weighted by molar-refractivity contribution is -0.402. The van der Waals surface area contributed by atoms with Crippen molar-refractivity contribution in [3.05, 3.63) is 99.8 Å². The van der Waals surface area contributed by atoms with Gasteiger partial charge in [-0.15, -0.1) is 0 Å². The summed E-state index contributed by atoms with van der Waals surface area (Å²) in [4.78, 5) is 24.6. The topological polar surface area (TPSA) is 101 Å². The van der Waals surface area contributed by atoms with E-state index >= 15 is 0 Å². The summed E-state index contributed by atoms with van der Waals surface area (Å²) in [5.74, 6) is -0.200. The van der Waals surface area contributed by atoms with Crippen LogP contribution in [0.5, 0.6) is 0 Å². The maximum atomic E-state index is 12.3. The summed E-state index contributed by atoms with van der Waals surface area (Å²) in [7, 11) is 0. The van der Waals surface area contributed by atoms with E-state index in [2.05, 4.69) is 34.3 Å². The van der Waals surface area contributed by atoms with Crippen LogP contribution in [0.15, 0.2) is 82.3 Å². The lowest BCUT2D eigenvalue weighted by Gasteiger charge is -2.24. The first kappa shape index (κ1) is 21.3. The lowest BCUT2D eigenvalue weighted by Crippen LogP contribution is -2.33. The predicted octanol–water partition coefficient (Wildman–Crippen LogP) is 4.04. The third-order valence-corrected chi connectivity index (χ3v) is 4.93. The fraction of sp³-hybridized carbons (Fsp3) is 0.217. The molecule has 1 fully saturated rings. The van der Waals surface area contributed by atoms with Gasteiger partial charge in [0.15, 0.2) is 5.76 Å². The number of furan rings is 1. The zero-order valence-electron chi connectivity index (χ0n) is 17.2. The average Bonchev–Trinajstić information content (AvgIpc) is 3.40. The fourth-order valence-electron chi connectivity index (χ4n) is 3.49. The van der Waals surface area contributed by atoms with E-state index in [1.54, 1.807) is 0 Å². The van der Waals surface area contributed by atoms with Crippen molar-refractivity contribution in [3.63, 3.8) is 0 Å². The monoisotopic (exact) mass is 434 g/mol. The summed E-state index contributed by atoms with van der Waals surface area (Å²) in [6.07, 6.45) is 0.340. The summed E-state index contributed by atoms with van der Waals surface area (Å²) in [6, 6.07) is 22.9. The van der Waals surface area contributed by atoms with Gasteiger partial charge in [-0.2, -0.15) is 10.1 Å². The molecule has 0 bridgehead atoms. The quantitative estimate of drug-likeness (QED) is 0.286. The van der Waals surface area contributed by atoms with Gasteiger partial charge >= 0.3 is 12.0 Å². The van der Waals surface area contributed by atoms with Gasteiger partial charge in [-0.05, 0) is 17.2 Å². The van der Waals surface area contributed by atoms with Gasteiger partial charge in [0.25, 0.3) is 0 Å². The normalized spacial score (nSPS) is 16.1. The Balaban J connectivity index is 1.40. The van der Waals surface area contributed by atoms with Crippen molar-refractivity contribution in [1.82, 2.24) is 9.91 Å². The number of nitro groups is 1. The molecule has 0 unspecified atom stereocenters. The van der Waals surface area contributed by atoms with E-state index in [0.29, 0.717) is 19.6 Å². The van der Waals surface area contributed by atoms with Crippen LogP contribution in [0.2, 0.25) is 0 Å². The Bertz CT molecular complexity index is 1040.